The van der Waals surface area contributed by atoms with Gasteiger partial charge in [0.15, 0.2) is 23.0 Å². The van der Waals surface area contributed by atoms with E-state index in [9.17, 15) is 4.79 Å². The normalized spacial score (nSPS) is 10.5. The molecule has 0 aliphatic rings. The van der Waals surface area contributed by atoms with Crippen LogP contribution in [0.1, 0.15) is 10.4 Å². The zero-order valence-electron chi connectivity index (χ0n) is 27.8. The minimum atomic E-state index is -0.480. The number of carbonyl (C=O) groups is 1. The molecule has 6 aromatic rings. The molecule has 252 valence electrons. The Morgan fingerprint density at radius 3 is 1.40 bits per heavy atom. The van der Waals surface area contributed by atoms with Gasteiger partial charge in [-0.05, 0) is 71.8 Å². The van der Waals surface area contributed by atoms with E-state index in [-0.39, 0.29) is 17.8 Å². The van der Waals surface area contributed by atoms with Crippen LogP contribution in [0, 0.1) is 0 Å². The van der Waals surface area contributed by atoms with Crippen LogP contribution in [-0.2, 0) is 0 Å². The van der Waals surface area contributed by atoms with Crippen LogP contribution >= 0.6 is 0 Å². The lowest BCUT2D eigenvalue weighted by molar-refractivity contribution is 0.0735. The number of nitrogens with zero attached hydrogens (tertiary/aromatic N) is 3. The number of hydrogen-bond acceptors (Lipinski definition) is 12. The van der Waals surface area contributed by atoms with Crippen LogP contribution in [0.5, 0.6) is 28.7 Å². The summed E-state index contributed by atoms with van der Waals surface area (Å²) >= 11 is 0. The van der Waals surface area contributed by atoms with Gasteiger partial charge in [-0.3, -0.25) is 0 Å². The Kier molecular flexibility index (Phi) is 10.2. The van der Waals surface area contributed by atoms with Gasteiger partial charge in [-0.2, -0.15) is 15.0 Å². The SMILES string of the molecule is COc1ccc(Nc2nc(Nc3ccc(C(=O)Oc4ccc(-c5ccccc5)cc4)cc3)nc(Nc3ccc(OC)c(OC)c3)n2)cc1OC. The van der Waals surface area contributed by atoms with Crippen LogP contribution in [0.3, 0.4) is 0 Å². The van der Waals surface area contributed by atoms with E-state index in [4.69, 9.17) is 23.7 Å². The third-order valence-electron chi connectivity index (χ3n) is 7.46. The first-order chi connectivity index (χ1) is 24.4. The summed E-state index contributed by atoms with van der Waals surface area (Å²) in [5, 5.41) is 9.59. The van der Waals surface area contributed by atoms with Gasteiger partial charge in [-0.15, -0.1) is 0 Å². The predicted octanol–water partition coefficient (Wildman–Crippen LogP) is 8.02. The highest BCUT2D eigenvalue weighted by molar-refractivity contribution is 5.91. The smallest absolute Gasteiger partial charge is 0.343 e. The molecule has 0 saturated heterocycles. The molecule has 0 aliphatic carbocycles. The zero-order chi connectivity index (χ0) is 34.9. The van der Waals surface area contributed by atoms with Crippen molar-refractivity contribution in [3.8, 4) is 39.9 Å². The van der Waals surface area contributed by atoms with E-state index < -0.39 is 5.97 Å². The molecule has 0 unspecified atom stereocenters. The second-order valence-corrected chi connectivity index (χ2v) is 10.7. The highest BCUT2D eigenvalue weighted by Crippen LogP contribution is 2.33. The number of rotatable bonds is 13. The first-order valence-corrected chi connectivity index (χ1v) is 15.4. The van der Waals surface area contributed by atoms with Gasteiger partial charge in [-0.1, -0.05) is 42.5 Å². The van der Waals surface area contributed by atoms with Crippen molar-refractivity contribution in [3.05, 3.63) is 121 Å². The number of aromatic nitrogens is 3. The van der Waals surface area contributed by atoms with E-state index in [2.05, 4.69) is 30.9 Å². The van der Waals surface area contributed by atoms with Gasteiger partial charge in [0.25, 0.3) is 0 Å². The molecule has 3 N–H and O–H groups in total. The number of esters is 1. The van der Waals surface area contributed by atoms with Gasteiger partial charge >= 0.3 is 5.97 Å². The third kappa shape index (κ3) is 8.00. The molecule has 0 saturated carbocycles. The summed E-state index contributed by atoms with van der Waals surface area (Å²) in [6, 6.07) is 34.9. The molecule has 6 rings (SSSR count). The minimum Gasteiger partial charge on any atom is -0.493 e. The third-order valence-corrected chi connectivity index (χ3v) is 7.46. The van der Waals surface area contributed by atoms with Crippen LogP contribution in [0.15, 0.2) is 115 Å². The van der Waals surface area contributed by atoms with Crippen LogP contribution < -0.4 is 39.6 Å². The second kappa shape index (κ2) is 15.4. The molecule has 0 spiro atoms. The fourth-order valence-electron chi connectivity index (χ4n) is 4.96. The van der Waals surface area contributed by atoms with Crippen molar-refractivity contribution in [2.24, 2.45) is 0 Å². The molecule has 0 bridgehead atoms. The zero-order valence-corrected chi connectivity index (χ0v) is 27.8. The molecular weight excluding hydrogens is 636 g/mol. The average Bonchev–Trinajstić information content (AvgIpc) is 3.15. The lowest BCUT2D eigenvalue weighted by Gasteiger charge is -2.14. The van der Waals surface area contributed by atoms with E-state index in [1.807, 2.05) is 54.6 Å². The molecule has 1 heterocycles. The number of carbonyl (C=O) groups excluding carboxylic acids is 1. The maximum atomic E-state index is 12.9. The minimum absolute atomic E-state index is 0.236. The van der Waals surface area contributed by atoms with E-state index >= 15 is 0 Å². The number of nitrogens with one attached hydrogen (secondary N) is 3. The fraction of sp³-hybridized carbons (Fsp3) is 0.105. The van der Waals surface area contributed by atoms with Gasteiger partial charge in [0.05, 0.1) is 34.0 Å². The fourth-order valence-corrected chi connectivity index (χ4v) is 4.96. The first-order valence-electron chi connectivity index (χ1n) is 15.4. The highest BCUT2D eigenvalue weighted by atomic mass is 16.5. The number of methoxy groups -OCH3 is 4. The van der Waals surface area contributed by atoms with Crippen molar-refractivity contribution < 1.29 is 28.5 Å². The summed E-state index contributed by atoms with van der Waals surface area (Å²) in [7, 11) is 6.26. The predicted molar refractivity (Wildman–Crippen MR) is 192 cm³/mol. The molecule has 0 atom stereocenters. The lowest BCUT2D eigenvalue weighted by atomic mass is 10.1. The van der Waals surface area contributed by atoms with Gasteiger partial charge < -0.3 is 39.6 Å². The average molecular weight is 671 g/mol. The standard InChI is InChI=1S/C38H34N6O6/c1-46-31-20-16-28(22-33(31)48-3)40-37-42-36(43-38(44-37)41-29-17-21-32(47-2)34(23-29)49-4)39-27-14-10-26(11-15-27)35(45)50-30-18-12-25(13-19-30)24-8-6-5-7-9-24/h5-23H,1-4H3,(H3,39,40,41,42,43,44). The summed E-state index contributed by atoms with van der Waals surface area (Å²) < 4.78 is 27.2. The number of benzene rings is 5. The van der Waals surface area contributed by atoms with Crippen molar-refractivity contribution in [2.45, 2.75) is 0 Å². The number of ether oxygens (including phenoxy) is 5. The number of hydrogen-bond donors (Lipinski definition) is 3. The summed E-state index contributed by atoms with van der Waals surface area (Å²) in [6.45, 7) is 0. The van der Waals surface area contributed by atoms with E-state index in [0.29, 0.717) is 51.4 Å². The molecule has 5 aromatic carbocycles. The van der Waals surface area contributed by atoms with Crippen LogP contribution in [0.4, 0.5) is 34.9 Å². The molecule has 12 nitrogen and oxygen atoms in total. The van der Waals surface area contributed by atoms with Crippen molar-refractivity contribution >= 4 is 40.9 Å². The van der Waals surface area contributed by atoms with Crippen molar-refractivity contribution in [2.75, 3.05) is 44.4 Å². The van der Waals surface area contributed by atoms with E-state index in [1.54, 1.807) is 89.1 Å². The summed E-state index contributed by atoms with van der Waals surface area (Å²) in [5.41, 5.74) is 4.45. The van der Waals surface area contributed by atoms with Crippen LogP contribution in [-0.4, -0.2) is 49.4 Å². The molecule has 0 aliphatic heterocycles. The maximum Gasteiger partial charge on any atom is 0.343 e. The Balaban J connectivity index is 1.20. The monoisotopic (exact) mass is 670 g/mol. The second-order valence-electron chi connectivity index (χ2n) is 10.7. The van der Waals surface area contributed by atoms with Gasteiger partial charge in [0, 0.05) is 29.2 Å². The van der Waals surface area contributed by atoms with Crippen molar-refractivity contribution in [1.29, 1.82) is 0 Å². The Bertz CT molecular complexity index is 2000. The van der Waals surface area contributed by atoms with Gasteiger partial charge in [0.1, 0.15) is 5.75 Å². The molecule has 50 heavy (non-hydrogen) atoms. The maximum absolute atomic E-state index is 12.9. The highest BCUT2D eigenvalue weighted by Gasteiger charge is 2.13. The Morgan fingerprint density at radius 1 is 0.480 bits per heavy atom. The van der Waals surface area contributed by atoms with Crippen LogP contribution in [0.25, 0.3) is 11.1 Å². The van der Waals surface area contributed by atoms with Gasteiger partial charge in [-0.25, -0.2) is 4.79 Å². The molecule has 0 amide bonds. The summed E-state index contributed by atoms with van der Waals surface area (Å²) in [6.07, 6.45) is 0. The largest absolute Gasteiger partial charge is 0.493 e. The first kappa shape index (κ1) is 33.1. The molecule has 0 fully saturated rings. The Morgan fingerprint density at radius 2 is 0.920 bits per heavy atom. The Hall–Kier alpha value is -6.82. The Labute approximate surface area is 289 Å². The summed E-state index contributed by atoms with van der Waals surface area (Å²) in [4.78, 5) is 26.6. The topological polar surface area (TPSA) is 138 Å². The van der Waals surface area contributed by atoms with Crippen molar-refractivity contribution in [3.63, 3.8) is 0 Å². The van der Waals surface area contributed by atoms with Gasteiger partial charge in [0.2, 0.25) is 17.8 Å². The molecule has 12 heteroatoms. The summed E-state index contributed by atoms with van der Waals surface area (Å²) in [5.74, 6) is 2.94. The molecule has 1 aromatic heterocycles. The lowest BCUT2D eigenvalue weighted by Crippen LogP contribution is -2.09. The quantitative estimate of drug-likeness (QED) is 0.0810. The number of anilines is 6. The molecule has 0 radical (unpaired) electrons. The molecular formula is C38H34N6O6. The van der Waals surface area contributed by atoms with E-state index in [0.717, 1.165) is 11.1 Å². The van der Waals surface area contributed by atoms with Crippen LogP contribution in [0.2, 0.25) is 0 Å². The van der Waals surface area contributed by atoms with Crippen molar-refractivity contribution in [1.82, 2.24) is 15.0 Å². The van der Waals surface area contributed by atoms with E-state index in [1.165, 1.54) is 0 Å².